The normalized spacial score (nSPS) is 23.6. The van der Waals surface area contributed by atoms with Crippen LogP contribution in [0.2, 0.25) is 6.32 Å². The van der Waals surface area contributed by atoms with Crippen molar-refractivity contribution in [2.45, 2.75) is 32.1 Å². The van der Waals surface area contributed by atoms with Crippen molar-refractivity contribution < 1.29 is 24.5 Å². The minimum atomic E-state index is -1.36. The first-order valence-corrected chi connectivity index (χ1v) is 6.67. The van der Waals surface area contributed by atoms with E-state index < -0.39 is 25.0 Å². The number of nitrogens with two attached hydrogens (primary N) is 2. The van der Waals surface area contributed by atoms with Crippen LogP contribution in [0.25, 0.3) is 0 Å². The fraction of sp³-hybridized carbons (Fsp3) is 0.818. The van der Waals surface area contributed by atoms with E-state index in [0.717, 1.165) is 0 Å². The van der Waals surface area contributed by atoms with Gasteiger partial charge in [-0.25, -0.2) is 4.79 Å². The third-order valence-corrected chi connectivity index (χ3v) is 3.60. The summed E-state index contributed by atoms with van der Waals surface area (Å²) >= 11 is 0. The van der Waals surface area contributed by atoms with Crippen LogP contribution in [0.15, 0.2) is 0 Å². The molecule has 0 aromatic heterocycles. The summed E-state index contributed by atoms with van der Waals surface area (Å²) in [5.74, 6) is 3.55. The van der Waals surface area contributed by atoms with Crippen molar-refractivity contribution in [3.8, 4) is 0 Å². The average Bonchev–Trinajstić information content (AvgIpc) is 2.80. The second-order valence-electron chi connectivity index (χ2n) is 5.25. The van der Waals surface area contributed by atoms with Crippen molar-refractivity contribution in [3.05, 3.63) is 0 Å². The van der Waals surface area contributed by atoms with Crippen LogP contribution < -0.4 is 11.6 Å². The van der Waals surface area contributed by atoms with Crippen molar-refractivity contribution in [1.29, 1.82) is 0 Å². The van der Waals surface area contributed by atoms with Crippen LogP contribution in [0.5, 0.6) is 0 Å². The highest BCUT2D eigenvalue weighted by atomic mass is 16.7. The maximum Gasteiger partial charge on any atom is 0.451 e. The molecule has 3 atom stereocenters. The summed E-state index contributed by atoms with van der Waals surface area (Å²) in [5, 5.41) is 17.6. The monoisotopic (exact) mass is 287 g/mol. The second kappa shape index (κ2) is 7.58. The van der Waals surface area contributed by atoms with E-state index in [-0.39, 0.29) is 24.7 Å². The smallest absolute Gasteiger partial charge is 0.427 e. The first-order chi connectivity index (χ1) is 9.36. The van der Waals surface area contributed by atoms with E-state index in [1.54, 1.807) is 6.92 Å². The van der Waals surface area contributed by atoms with Crippen LogP contribution in [-0.4, -0.2) is 53.1 Å². The Morgan fingerprint density at radius 1 is 1.45 bits per heavy atom. The number of hydrogen-bond acceptors (Lipinski definition) is 7. The first-order valence-electron chi connectivity index (χ1n) is 6.67. The lowest BCUT2D eigenvalue weighted by Gasteiger charge is -2.18. The first kappa shape index (κ1) is 16.9. The molecule has 1 unspecified atom stereocenters. The van der Waals surface area contributed by atoms with Gasteiger partial charge in [-0.05, 0) is 25.6 Å². The van der Waals surface area contributed by atoms with Gasteiger partial charge in [0.2, 0.25) is 5.91 Å². The van der Waals surface area contributed by atoms with E-state index in [0.29, 0.717) is 19.4 Å². The minimum absolute atomic E-state index is 0.104. The zero-order valence-electron chi connectivity index (χ0n) is 11.6. The van der Waals surface area contributed by atoms with Crippen molar-refractivity contribution in [3.63, 3.8) is 0 Å². The van der Waals surface area contributed by atoms with Gasteiger partial charge < -0.3 is 25.5 Å². The molecule has 0 bridgehead atoms. The summed E-state index contributed by atoms with van der Waals surface area (Å²) in [4.78, 5) is 29.3. The molecule has 6 N–H and O–H groups in total. The molecule has 20 heavy (non-hydrogen) atoms. The molecule has 0 aromatic rings. The Kier molecular flexibility index (Phi) is 6.40. The van der Waals surface area contributed by atoms with Gasteiger partial charge in [0, 0.05) is 13.1 Å². The molecular weight excluding hydrogens is 265 g/mol. The van der Waals surface area contributed by atoms with Gasteiger partial charge in [0.05, 0.1) is 12.0 Å². The average molecular weight is 287 g/mol. The molecule has 1 fully saturated rings. The van der Waals surface area contributed by atoms with Crippen molar-refractivity contribution >= 4 is 19.0 Å². The molecule has 1 saturated heterocycles. The molecule has 1 aliphatic heterocycles. The molecule has 8 nitrogen and oxygen atoms in total. The molecule has 0 spiro atoms. The molecule has 0 saturated carbocycles. The van der Waals surface area contributed by atoms with Gasteiger partial charge in [-0.2, -0.15) is 5.90 Å². The number of nitrogens with zero attached hydrogens (tertiary/aromatic N) is 1. The topological polar surface area (TPSA) is 139 Å². The van der Waals surface area contributed by atoms with Crippen LogP contribution in [0.1, 0.15) is 19.8 Å². The predicted octanol–water partition coefficient (Wildman–Crippen LogP) is -1.92. The minimum Gasteiger partial charge on any atom is -0.427 e. The summed E-state index contributed by atoms with van der Waals surface area (Å²) in [5.41, 5.74) is 5.56. The summed E-state index contributed by atoms with van der Waals surface area (Å²) in [6.07, 6.45) is 1.35. The number of carbonyl (C=O) groups is 2. The highest BCUT2D eigenvalue weighted by Crippen LogP contribution is 2.29. The second-order valence-corrected chi connectivity index (χ2v) is 5.25. The van der Waals surface area contributed by atoms with Crippen LogP contribution >= 0.6 is 0 Å². The van der Waals surface area contributed by atoms with Crippen LogP contribution in [0, 0.1) is 11.8 Å². The number of rotatable bonds is 6. The number of carbonyl (C=O) groups excluding carboxylic acids is 2. The molecule has 0 aromatic carbocycles. The molecule has 9 heteroatoms. The predicted molar refractivity (Wildman–Crippen MR) is 71.7 cm³/mol. The number of amides is 1. The van der Waals surface area contributed by atoms with Gasteiger partial charge in [0.25, 0.3) is 0 Å². The highest BCUT2D eigenvalue weighted by molar-refractivity contribution is 6.40. The Morgan fingerprint density at radius 2 is 2.10 bits per heavy atom. The zero-order chi connectivity index (χ0) is 15.3. The molecule has 1 aliphatic rings. The third kappa shape index (κ3) is 4.45. The lowest BCUT2D eigenvalue weighted by atomic mass is 9.80. The maximum absolute atomic E-state index is 11.9. The standard InChI is InChI=1S/C11H22BN3O5/c1-7(13)10(16)15-5-8(3-2-4-12(18)19)9(6-15)11(17)20-14/h7-9,18-19H,2-6,13-14H2,1H3/t7?,8-,9+/m1/s1. The van der Waals surface area contributed by atoms with E-state index in [4.69, 9.17) is 21.7 Å². The van der Waals surface area contributed by atoms with Crippen molar-refractivity contribution in [2.24, 2.45) is 23.5 Å². The quantitative estimate of drug-likeness (QED) is 0.330. The van der Waals surface area contributed by atoms with Gasteiger partial charge in [-0.1, -0.05) is 6.42 Å². The Morgan fingerprint density at radius 3 is 2.60 bits per heavy atom. The largest absolute Gasteiger partial charge is 0.451 e. The van der Waals surface area contributed by atoms with E-state index in [2.05, 4.69) is 4.84 Å². The summed E-state index contributed by atoms with van der Waals surface area (Å²) in [6, 6.07) is -0.623. The fourth-order valence-corrected chi connectivity index (χ4v) is 2.55. The van der Waals surface area contributed by atoms with Crippen molar-refractivity contribution in [1.82, 2.24) is 4.90 Å². The summed E-state index contributed by atoms with van der Waals surface area (Å²) < 4.78 is 0. The summed E-state index contributed by atoms with van der Waals surface area (Å²) in [6.45, 7) is 2.23. The van der Waals surface area contributed by atoms with E-state index in [9.17, 15) is 9.59 Å². The van der Waals surface area contributed by atoms with Gasteiger partial charge in [-0.3, -0.25) is 4.79 Å². The molecule has 1 rings (SSSR count). The van der Waals surface area contributed by atoms with Crippen LogP contribution in [0.3, 0.4) is 0 Å². The Balaban J connectivity index is 2.64. The zero-order valence-corrected chi connectivity index (χ0v) is 11.6. The third-order valence-electron chi connectivity index (χ3n) is 3.60. The number of hydrogen-bond donors (Lipinski definition) is 4. The lowest BCUT2D eigenvalue weighted by molar-refractivity contribution is -0.150. The molecule has 1 amide bonds. The SMILES string of the molecule is CC(N)C(=O)N1C[C@@H](CCCB(O)O)[C@@H](C(=O)ON)C1. The molecule has 1 heterocycles. The molecular formula is C11H22BN3O5. The molecule has 114 valence electrons. The Bertz CT molecular complexity index is 353. The van der Waals surface area contributed by atoms with Gasteiger partial charge in [0.1, 0.15) is 0 Å². The molecule has 0 aliphatic carbocycles. The molecule has 0 radical (unpaired) electrons. The van der Waals surface area contributed by atoms with Crippen molar-refractivity contribution in [2.75, 3.05) is 13.1 Å². The van der Waals surface area contributed by atoms with Gasteiger partial charge in [0.15, 0.2) is 0 Å². The van der Waals surface area contributed by atoms with Crippen LogP contribution in [0.4, 0.5) is 0 Å². The Labute approximate surface area is 118 Å². The van der Waals surface area contributed by atoms with E-state index in [1.165, 1.54) is 4.90 Å². The van der Waals surface area contributed by atoms with E-state index >= 15 is 0 Å². The lowest BCUT2D eigenvalue weighted by Crippen LogP contribution is -2.41. The fourth-order valence-electron chi connectivity index (χ4n) is 2.55. The van der Waals surface area contributed by atoms with Gasteiger partial charge in [-0.15, -0.1) is 0 Å². The Hall–Kier alpha value is -1.16. The van der Waals surface area contributed by atoms with E-state index in [1.807, 2.05) is 0 Å². The highest BCUT2D eigenvalue weighted by Gasteiger charge is 2.40. The van der Waals surface area contributed by atoms with Gasteiger partial charge >= 0.3 is 13.1 Å². The number of likely N-dealkylation sites (tertiary alicyclic amines) is 1. The summed E-state index contributed by atoms with van der Waals surface area (Å²) in [7, 11) is -1.36. The van der Waals surface area contributed by atoms with Crippen LogP contribution in [-0.2, 0) is 14.4 Å². The maximum atomic E-state index is 11.9.